The van der Waals surface area contributed by atoms with Gasteiger partial charge in [-0.1, -0.05) is 0 Å². The third-order valence-corrected chi connectivity index (χ3v) is 4.18. The molecule has 1 spiro atoms. The quantitative estimate of drug-likeness (QED) is 0.608. The zero-order valence-electron chi connectivity index (χ0n) is 8.91. The normalized spacial score (nSPS) is 34.0. The van der Waals surface area contributed by atoms with Gasteiger partial charge in [-0.05, 0) is 31.1 Å². The van der Waals surface area contributed by atoms with Crippen molar-refractivity contribution in [3.63, 3.8) is 0 Å². The van der Waals surface area contributed by atoms with Gasteiger partial charge in [0.1, 0.15) is 6.61 Å². The molecule has 0 aromatic carbocycles. The van der Waals surface area contributed by atoms with Crippen molar-refractivity contribution in [1.29, 1.82) is 0 Å². The summed E-state index contributed by atoms with van der Waals surface area (Å²) in [6.07, 6.45) is 4.45. The number of hydrogen-bond acceptors (Lipinski definition) is 3. The molecule has 0 N–H and O–H groups in total. The molecule has 0 bridgehead atoms. The smallest absolute Gasteiger partial charge is 0.410 e. The lowest BCUT2D eigenvalue weighted by molar-refractivity contribution is -0.0241. The van der Waals surface area contributed by atoms with Crippen LogP contribution in [0.3, 0.4) is 0 Å². The van der Waals surface area contributed by atoms with Crippen molar-refractivity contribution in [2.45, 2.75) is 31.7 Å². The number of fused-ring (bicyclic) bond motifs is 1. The number of cyclic esters (lactones) is 1. The fourth-order valence-corrected chi connectivity index (χ4v) is 3.15. The summed E-state index contributed by atoms with van der Waals surface area (Å²) in [5.74, 6) is 0. The number of piperidine rings is 1. The summed E-state index contributed by atoms with van der Waals surface area (Å²) in [7, 11) is 0. The monoisotopic (exact) mass is 211 g/mol. The number of carbonyl (C=O) groups excluding carboxylic acids is 1. The van der Waals surface area contributed by atoms with Gasteiger partial charge in [0.05, 0.1) is 6.04 Å². The van der Waals surface area contributed by atoms with Crippen LogP contribution in [0.4, 0.5) is 4.79 Å². The molecule has 3 aliphatic rings. The summed E-state index contributed by atoms with van der Waals surface area (Å²) in [5.41, 5.74) is 0.438. The summed E-state index contributed by atoms with van der Waals surface area (Å²) in [4.78, 5) is 13.3. The van der Waals surface area contributed by atoms with E-state index in [2.05, 4.69) is 0 Å². The van der Waals surface area contributed by atoms with Gasteiger partial charge in [-0.2, -0.15) is 0 Å². The van der Waals surface area contributed by atoms with Crippen LogP contribution in [0.2, 0.25) is 0 Å². The predicted molar refractivity (Wildman–Crippen MR) is 53.6 cm³/mol. The van der Waals surface area contributed by atoms with E-state index in [1.165, 1.54) is 0 Å². The highest BCUT2D eigenvalue weighted by Crippen LogP contribution is 2.44. The first kappa shape index (κ1) is 9.46. The van der Waals surface area contributed by atoms with Gasteiger partial charge >= 0.3 is 6.09 Å². The maximum atomic E-state index is 11.4. The van der Waals surface area contributed by atoms with Gasteiger partial charge in [-0.25, -0.2) is 4.79 Å². The standard InChI is InChI=1S/C11H17NO3/c13-10-12-4-1-11(2-5-14-6-3-11)7-9(12)8-15-10/h9H,1-8H2. The van der Waals surface area contributed by atoms with Gasteiger partial charge in [0.15, 0.2) is 0 Å². The number of nitrogens with zero attached hydrogens (tertiary/aromatic N) is 1. The summed E-state index contributed by atoms with van der Waals surface area (Å²) in [6.45, 7) is 3.26. The Morgan fingerprint density at radius 3 is 2.87 bits per heavy atom. The Labute approximate surface area is 89.5 Å². The van der Waals surface area contributed by atoms with Crippen molar-refractivity contribution in [2.75, 3.05) is 26.4 Å². The summed E-state index contributed by atoms with van der Waals surface area (Å²) in [5, 5.41) is 0. The maximum Gasteiger partial charge on any atom is 0.410 e. The van der Waals surface area contributed by atoms with Crippen LogP contribution < -0.4 is 0 Å². The number of hydrogen-bond donors (Lipinski definition) is 0. The van der Waals surface area contributed by atoms with Crippen LogP contribution >= 0.6 is 0 Å². The predicted octanol–water partition coefficient (Wildman–Crippen LogP) is 1.40. The zero-order valence-corrected chi connectivity index (χ0v) is 8.91. The molecule has 4 nitrogen and oxygen atoms in total. The molecular weight excluding hydrogens is 194 g/mol. The van der Waals surface area contributed by atoms with Crippen LogP contribution in [0.15, 0.2) is 0 Å². The fraction of sp³-hybridized carbons (Fsp3) is 0.909. The van der Waals surface area contributed by atoms with Crippen molar-refractivity contribution in [1.82, 2.24) is 4.90 Å². The van der Waals surface area contributed by atoms with Crippen molar-refractivity contribution in [2.24, 2.45) is 5.41 Å². The van der Waals surface area contributed by atoms with Crippen LogP contribution in [-0.4, -0.2) is 43.4 Å². The Hall–Kier alpha value is -0.770. The van der Waals surface area contributed by atoms with Crippen LogP contribution in [0.5, 0.6) is 0 Å². The maximum absolute atomic E-state index is 11.4. The molecule has 0 aliphatic carbocycles. The molecule has 0 aromatic heterocycles. The molecule has 3 rings (SSSR count). The molecule has 3 heterocycles. The van der Waals surface area contributed by atoms with Gasteiger partial charge < -0.3 is 14.4 Å². The molecule has 3 fully saturated rings. The van der Waals surface area contributed by atoms with Crippen LogP contribution in [0.25, 0.3) is 0 Å². The first-order valence-corrected chi connectivity index (χ1v) is 5.80. The molecule has 84 valence electrons. The van der Waals surface area contributed by atoms with E-state index in [0.717, 1.165) is 45.4 Å². The van der Waals surface area contributed by atoms with E-state index >= 15 is 0 Å². The van der Waals surface area contributed by atoms with E-state index in [4.69, 9.17) is 9.47 Å². The Kier molecular flexibility index (Phi) is 2.12. The van der Waals surface area contributed by atoms with E-state index < -0.39 is 0 Å². The van der Waals surface area contributed by atoms with Crippen molar-refractivity contribution in [3.05, 3.63) is 0 Å². The second-order valence-electron chi connectivity index (χ2n) is 4.99. The van der Waals surface area contributed by atoms with E-state index in [0.29, 0.717) is 18.1 Å². The molecule has 4 heteroatoms. The lowest BCUT2D eigenvalue weighted by Crippen LogP contribution is -2.47. The lowest BCUT2D eigenvalue weighted by Gasteiger charge is -2.44. The largest absolute Gasteiger partial charge is 0.447 e. The highest BCUT2D eigenvalue weighted by molar-refractivity contribution is 5.70. The molecule has 1 atom stereocenters. The topological polar surface area (TPSA) is 38.8 Å². The number of carbonyl (C=O) groups is 1. The molecule has 1 amide bonds. The SMILES string of the molecule is O=C1OCC2CC3(CCOCC3)CCN12. The van der Waals surface area contributed by atoms with Gasteiger partial charge in [-0.3, -0.25) is 0 Å². The van der Waals surface area contributed by atoms with Crippen molar-refractivity contribution >= 4 is 6.09 Å². The number of amides is 1. The van der Waals surface area contributed by atoms with E-state index in [1.807, 2.05) is 4.90 Å². The van der Waals surface area contributed by atoms with Crippen LogP contribution in [0, 0.1) is 5.41 Å². The molecule has 3 saturated heterocycles. The summed E-state index contributed by atoms with van der Waals surface area (Å²) in [6, 6.07) is 0.337. The third kappa shape index (κ3) is 1.51. The van der Waals surface area contributed by atoms with Gasteiger partial charge in [0.25, 0.3) is 0 Å². The van der Waals surface area contributed by atoms with Crippen LogP contribution in [-0.2, 0) is 9.47 Å². The Bertz CT molecular complexity index is 273. The Balaban J connectivity index is 1.73. The summed E-state index contributed by atoms with van der Waals surface area (Å²) < 4.78 is 10.5. The van der Waals surface area contributed by atoms with Crippen molar-refractivity contribution in [3.8, 4) is 0 Å². The van der Waals surface area contributed by atoms with Crippen molar-refractivity contribution < 1.29 is 14.3 Å². The molecule has 1 unspecified atom stereocenters. The molecule has 3 aliphatic heterocycles. The number of ether oxygens (including phenoxy) is 2. The van der Waals surface area contributed by atoms with Gasteiger partial charge in [0, 0.05) is 19.8 Å². The van der Waals surface area contributed by atoms with E-state index in [-0.39, 0.29) is 6.09 Å². The average molecular weight is 211 g/mol. The summed E-state index contributed by atoms with van der Waals surface area (Å²) >= 11 is 0. The van der Waals surface area contributed by atoms with E-state index in [9.17, 15) is 4.79 Å². The highest BCUT2D eigenvalue weighted by Gasteiger charge is 2.45. The minimum absolute atomic E-state index is 0.109. The first-order valence-electron chi connectivity index (χ1n) is 5.80. The van der Waals surface area contributed by atoms with Gasteiger partial charge in [0.2, 0.25) is 0 Å². The number of rotatable bonds is 0. The van der Waals surface area contributed by atoms with Gasteiger partial charge in [-0.15, -0.1) is 0 Å². The van der Waals surface area contributed by atoms with E-state index in [1.54, 1.807) is 0 Å². The molecule has 0 aromatic rings. The third-order valence-electron chi connectivity index (χ3n) is 4.18. The molecule has 0 saturated carbocycles. The second kappa shape index (κ2) is 3.37. The lowest BCUT2D eigenvalue weighted by atomic mass is 9.70. The minimum atomic E-state index is -0.109. The van der Waals surface area contributed by atoms with Crippen LogP contribution in [0.1, 0.15) is 25.7 Å². The Morgan fingerprint density at radius 1 is 1.27 bits per heavy atom. The fourth-order valence-electron chi connectivity index (χ4n) is 3.15. The molecule has 15 heavy (non-hydrogen) atoms. The molecular formula is C11H17NO3. The Morgan fingerprint density at radius 2 is 2.07 bits per heavy atom. The highest BCUT2D eigenvalue weighted by atomic mass is 16.6. The minimum Gasteiger partial charge on any atom is -0.447 e. The molecule has 0 radical (unpaired) electrons. The first-order chi connectivity index (χ1) is 7.29. The average Bonchev–Trinajstić information content (AvgIpc) is 2.61. The second-order valence-corrected chi connectivity index (χ2v) is 4.99. The zero-order chi connectivity index (χ0) is 10.3.